The first-order chi connectivity index (χ1) is 20.9. The minimum absolute atomic E-state index is 0.0580. The van der Waals surface area contributed by atoms with Crippen molar-refractivity contribution in [1.82, 2.24) is 0 Å². The molecule has 248 valence electrons. The van der Waals surface area contributed by atoms with Gasteiger partial charge in [0.1, 0.15) is 0 Å². The zero-order valence-electron chi connectivity index (χ0n) is 30.5. The fourth-order valence-electron chi connectivity index (χ4n) is 7.69. The van der Waals surface area contributed by atoms with E-state index in [1.165, 1.54) is 54.9 Å². The molecule has 3 nitrogen and oxygen atoms in total. The lowest BCUT2D eigenvalue weighted by Crippen LogP contribution is -2.39. The van der Waals surface area contributed by atoms with Crippen LogP contribution < -0.4 is 0 Å². The van der Waals surface area contributed by atoms with Gasteiger partial charge in [-0.05, 0) is 114 Å². The van der Waals surface area contributed by atoms with Crippen LogP contribution in [0, 0.1) is 0 Å². The third-order valence-corrected chi connectivity index (χ3v) is 12.1. The zero-order chi connectivity index (χ0) is 34.3. The molecule has 0 spiro atoms. The van der Waals surface area contributed by atoms with Crippen molar-refractivity contribution in [3.63, 3.8) is 0 Å². The third-order valence-electron chi connectivity index (χ3n) is 10.6. The molecule has 0 radical (unpaired) electrons. The minimum Gasteiger partial charge on any atom is -0.193 e. The van der Waals surface area contributed by atoms with Crippen LogP contribution in [-0.4, -0.2) is 20.3 Å². The van der Waals surface area contributed by atoms with Crippen molar-refractivity contribution in [2.75, 3.05) is 0 Å². The van der Waals surface area contributed by atoms with Gasteiger partial charge in [0, 0.05) is 5.41 Å². The van der Waals surface area contributed by atoms with Gasteiger partial charge in [-0.3, -0.25) is 0 Å². The Hall–Kier alpha value is -2.29. The highest BCUT2D eigenvalue weighted by Crippen LogP contribution is 2.60. The van der Waals surface area contributed by atoms with Crippen LogP contribution in [0.1, 0.15) is 142 Å². The van der Waals surface area contributed by atoms with Crippen molar-refractivity contribution >= 4 is 29.5 Å². The fourth-order valence-corrected chi connectivity index (χ4v) is 8.64. The molecule has 1 saturated carbocycles. The lowest BCUT2D eigenvalue weighted by atomic mass is 9.59. The molecular formula is C42H58O3P+. The monoisotopic (exact) mass is 641 g/mol. The number of rotatable bonds is 3. The van der Waals surface area contributed by atoms with Crippen molar-refractivity contribution in [2.24, 2.45) is 0 Å². The van der Waals surface area contributed by atoms with Crippen LogP contribution in [0.15, 0.2) is 60.7 Å². The molecule has 0 unspecified atom stereocenters. The second kappa shape index (κ2) is 11.4. The molecule has 1 aliphatic carbocycles. The standard InChI is InChI=1S/C42H58O3P/c1-38(2,3)31-15-13-27-23-36(34(40(7,8)9)25-29(27)21-31)42(19-17-33(18-20-42)46(43,44)45)37-24-28-14-16-32(39(4,5)6)22-30(28)26-35(37)41(10,11)12/h13-16,21-26,33,43-45H,17-20H2,1-12H3/q+1. The maximum atomic E-state index is 10.4. The summed E-state index contributed by atoms with van der Waals surface area (Å²) in [6.45, 7) is 27.5. The summed E-state index contributed by atoms with van der Waals surface area (Å²) >= 11 is 0. The highest BCUT2D eigenvalue weighted by atomic mass is 31.2. The van der Waals surface area contributed by atoms with Gasteiger partial charge < -0.3 is 0 Å². The molecule has 0 aromatic heterocycles. The van der Waals surface area contributed by atoms with Crippen LogP contribution in [0.3, 0.4) is 0 Å². The van der Waals surface area contributed by atoms with E-state index in [0.29, 0.717) is 12.8 Å². The van der Waals surface area contributed by atoms with Crippen molar-refractivity contribution in [1.29, 1.82) is 0 Å². The Balaban J connectivity index is 1.86. The summed E-state index contributed by atoms with van der Waals surface area (Å²) in [7, 11) is -3.94. The van der Waals surface area contributed by atoms with E-state index in [0.717, 1.165) is 12.8 Å². The normalized spacial score (nSPS) is 17.2. The van der Waals surface area contributed by atoms with E-state index < -0.39 is 13.6 Å². The smallest absolute Gasteiger partial charge is 0.193 e. The van der Waals surface area contributed by atoms with E-state index in [2.05, 4.69) is 144 Å². The molecular weight excluding hydrogens is 583 g/mol. The maximum Gasteiger partial charge on any atom is 0.406 e. The molecule has 0 heterocycles. The van der Waals surface area contributed by atoms with Crippen molar-refractivity contribution in [3.05, 3.63) is 94.0 Å². The van der Waals surface area contributed by atoms with Gasteiger partial charge in [0.25, 0.3) is 0 Å². The first-order valence-electron chi connectivity index (χ1n) is 17.2. The molecule has 0 bridgehead atoms. The number of fused-ring (bicyclic) bond motifs is 2. The average Bonchev–Trinajstić information content (AvgIpc) is 2.92. The van der Waals surface area contributed by atoms with Gasteiger partial charge in [-0.25, -0.2) is 0 Å². The molecule has 0 saturated heterocycles. The van der Waals surface area contributed by atoms with E-state index in [4.69, 9.17) is 0 Å². The van der Waals surface area contributed by atoms with E-state index in [1.54, 1.807) is 0 Å². The van der Waals surface area contributed by atoms with E-state index in [9.17, 15) is 14.7 Å². The van der Waals surface area contributed by atoms with Gasteiger partial charge >= 0.3 is 7.94 Å². The topological polar surface area (TPSA) is 60.7 Å². The highest BCUT2D eigenvalue weighted by molar-refractivity contribution is 7.59. The van der Waals surface area contributed by atoms with Crippen LogP contribution >= 0.6 is 7.94 Å². The highest BCUT2D eigenvalue weighted by Gasteiger charge is 2.51. The van der Waals surface area contributed by atoms with Crippen LogP contribution in [0.2, 0.25) is 0 Å². The van der Waals surface area contributed by atoms with Gasteiger partial charge in [-0.15, -0.1) is 0 Å². The largest absolute Gasteiger partial charge is 0.406 e. The molecule has 3 N–H and O–H groups in total. The van der Waals surface area contributed by atoms with E-state index in [1.807, 2.05) is 0 Å². The number of hydrogen-bond acceptors (Lipinski definition) is 3. The Kier molecular flexibility index (Phi) is 8.69. The summed E-state index contributed by atoms with van der Waals surface area (Å²) in [6, 6.07) is 23.6. The van der Waals surface area contributed by atoms with Crippen molar-refractivity contribution in [3.8, 4) is 0 Å². The molecule has 1 fully saturated rings. The number of hydrogen-bond donors (Lipinski definition) is 3. The minimum atomic E-state index is -3.94. The third kappa shape index (κ3) is 6.68. The lowest BCUT2D eigenvalue weighted by Gasteiger charge is -2.45. The van der Waals surface area contributed by atoms with Gasteiger partial charge in [-0.2, -0.15) is 14.7 Å². The summed E-state index contributed by atoms with van der Waals surface area (Å²) < 4.78 is 0. The summed E-state index contributed by atoms with van der Waals surface area (Å²) in [5, 5.41) is 5.00. The van der Waals surface area contributed by atoms with Crippen LogP contribution in [0.4, 0.5) is 0 Å². The summed E-state index contributed by atoms with van der Waals surface area (Å²) in [5.74, 6) is 0. The molecule has 0 amide bonds. The lowest BCUT2D eigenvalue weighted by molar-refractivity contribution is 0.268. The summed E-state index contributed by atoms with van der Waals surface area (Å²) in [4.78, 5) is 31.2. The predicted molar refractivity (Wildman–Crippen MR) is 199 cm³/mol. The van der Waals surface area contributed by atoms with Gasteiger partial charge in [0.2, 0.25) is 0 Å². The van der Waals surface area contributed by atoms with Gasteiger partial charge in [0.15, 0.2) is 5.66 Å². The predicted octanol–water partition coefficient (Wildman–Crippen LogP) is 11.2. The molecule has 0 atom stereocenters. The van der Waals surface area contributed by atoms with Gasteiger partial charge in [-0.1, -0.05) is 132 Å². The molecule has 4 aromatic rings. The average molecular weight is 642 g/mol. The second-order valence-electron chi connectivity index (χ2n) is 18.3. The van der Waals surface area contributed by atoms with Crippen LogP contribution in [0.25, 0.3) is 21.5 Å². The van der Waals surface area contributed by atoms with E-state index in [-0.39, 0.29) is 27.1 Å². The second-order valence-corrected chi connectivity index (χ2v) is 20.3. The van der Waals surface area contributed by atoms with Crippen molar-refractivity contribution in [2.45, 2.75) is 142 Å². The van der Waals surface area contributed by atoms with E-state index >= 15 is 0 Å². The molecule has 4 heteroatoms. The fraction of sp³-hybridized carbons (Fsp3) is 0.524. The summed E-state index contributed by atoms with van der Waals surface area (Å²) in [5.41, 5.74) is 7.05. The molecule has 1 aliphatic rings. The molecule has 0 aliphatic heterocycles. The number of benzene rings is 4. The van der Waals surface area contributed by atoms with Crippen LogP contribution in [-0.2, 0) is 27.1 Å². The molecule has 4 aromatic carbocycles. The molecule has 46 heavy (non-hydrogen) atoms. The van der Waals surface area contributed by atoms with Crippen molar-refractivity contribution < 1.29 is 14.7 Å². The zero-order valence-corrected chi connectivity index (χ0v) is 31.4. The molecule has 5 rings (SSSR count). The first-order valence-corrected chi connectivity index (χ1v) is 18.9. The summed E-state index contributed by atoms with van der Waals surface area (Å²) in [6.07, 6.45) is 2.60. The Labute approximate surface area is 279 Å². The van der Waals surface area contributed by atoms with Gasteiger partial charge in [0.05, 0.1) is 0 Å². The maximum absolute atomic E-state index is 10.4. The Bertz CT molecular complexity index is 1640. The Morgan fingerprint density at radius 2 is 0.870 bits per heavy atom. The van der Waals surface area contributed by atoms with Crippen LogP contribution in [0.5, 0.6) is 0 Å². The Morgan fingerprint density at radius 3 is 1.17 bits per heavy atom. The quantitative estimate of drug-likeness (QED) is 0.195. The SMILES string of the molecule is CC(C)(C)c1ccc2cc(C3(c4cc5ccc(C(C)(C)C)cc5cc4C(C)(C)C)CCC([P+](O)(O)O)CC3)c(C(C)(C)C)cc2c1. The first kappa shape index (κ1) is 35.0. The Morgan fingerprint density at radius 1 is 0.500 bits per heavy atom.